The molecular weight excluding hydrogens is 595 g/mol. The zero-order valence-electron chi connectivity index (χ0n) is 19.3. The minimum absolute atomic E-state index is 0. The Morgan fingerprint density at radius 2 is 1.81 bits per heavy atom. The minimum atomic E-state index is -0.329. The van der Waals surface area contributed by atoms with Crippen LogP contribution in [0.3, 0.4) is 0 Å². The van der Waals surface area contributed by atoms with Crippen molar-refractivity contribution in [3.05, 3.63) is 54.7 Å². The van der Waals surface area contributed by atoms with E-state index in [0.29, 0.717) is 17.8 Å². The molecule has 0 amide bonds. The topological polar surface area (TPSA) is 53.4 Å². The van der Waals surface area contributed by atoms with Gasteiger partial charge >= 0.3 is 0 Å². The zero-order valence-corrected chi connectivity index (χ0v) is 22.5. The Bertz CT molecular complexity index is 970. The predicted octanol–water partition coefficient (Wildman–Crippen LogP) is 6.20. The SMILES string of the molecule is CC(C)[C@@H]1CC2CCC(C)(C)C(O)C2C1O.[Ir].[c-]1c(-c2ccccn2)sc2ccccc12. The number of hydrogen-bond donors (Lipinski definition) is 2. The van der Waals surface area contributed by atoms with Gasteiger partial charge in [-0.3, -0.25) is 0 Å². The number of hydrogen-bond acceptors (Lipinski definition) is 4. The normalized spacial score (nSPS) is 28.5. The largest absolute Gasteiger partial charge is 0.392 e. The van der Waals surface area contributed by atoms with Crippen LogP contribution in [0.15, 0.2) is 48.7 Å². The molecule has 2 N–H and O–H groups in total. The van der Waals surface area contributed by atoms with E-state index in [1.54, 1.807) is 11.3 Å². The third-order valence-corrected chi connectivity index (χ3v) is 8.47. The first-order chi connectivity index (χ1) is 14.8. The fraction of sp³-hybridized carbons (Fsp3) is 0.519. The van der Waals surface area contributed by atoms with Crippen LogP contribution in [-0.2, 0) is 20.1 Å². The summed E-state index contributed by atoms with van der Waals surface area (Å²) in [7, 11) is 0. The summed E-state index contributed by atoms with van der Waals surface area (Å²) in [4.78, 5) is 5.43. The zero-order chi connectivity index (χ0) is 22.2. The summed E-state index contributed by atoms with van der Waals surface area (Å²) in [6, 6.07) is 17.6. The Morgan fingerprint density at radius 1 is 1.09 bits per heavy atom. The van der Waals surface area contributed by atoms with Crippen molar-refractivity contribution in [1.82, 2.24) is 4.98 Å². The van der Waals surface area contributed by atoms with Crippen LogP contribution in [-0.4, -0.2) is 27.4 Å². The minimum Gasteiger partial charge on any atom is -0.392 e. The van der Waals surface area contributed by atoms with Crippen LogP contribution in [0, 0.1) is 35.2 Å². The molecule has 2 aliphatic carbocycles. The van der Waals surface area contributed by atoms with Crippen molar-refractivity contribution < 1.29 is 30.3 Å². The van der Waals surface area contributed by atoms with E-state index in [0.717, 1.165) is 23.4 Å². The monoisotopic (exact) mass is 629 g/mol. The predicted molar refractivity (Wildman–Crippen MR) is 129 cm³/mol. The summed E-state index contributed by atoms with van der Waals surface area (Å²) in [6.07, 6.45) is 4.57. The molecule has 175 valence electrons. The molecule has 0 saturated heterocycles. The van der Waals surface area contributed by atoms with Crippen LogP contribution in [0.1, 0.15) is 47.0 Å². The summed E-state index contributed by atoms with van der Waals surface area (Å²) in [6.45, 7) is 8.62. The third kappa shape index (κ3) is 5.18. The van der Waals surface area contributed by atoms with Gasteiger partial charge < -0.3 is 15.2 Å². The van der Waals surface area contributed by atoms with E-state index in [-0.39, 0.29) is 43.6 Å². The van der Waals surface area contributed by atoms with Gasteiger partial charge in [-0.15, -0.1) is 23.6 Å². The molecule has 0 bridgehead atoms. The van der Waals surface area contributed by atoms with Crippen LogP contribution in [0.5, 0.6) is 0 Å². The fourth-order valence-corrected chi connectivity index (χ4v) is 6.37. The van der Waals surface area contributed by atoms with Crippen molar-refractivity contribution in [2.75, 3.05) is 0 Å². The molecule has 2 heterocycles. The molecule has 4 unspecified atom stereocenters. The van der Waals surface area contributed by atoms with E-state index in [9.17, 15) is 10.2 Å². The van der Waals surface area contributed by atoms with Gasteiger partial charge in [0.25, 0.3) is 0 Å². The Labute approximate surface area is 209 Å². The molecule has 2 aromatic heterocycles. The molecule has 1 aromatic carbocycles. The average Bonchev–Trinajstić information content (AvgIpc) is 3.34. The van der Waals surface area contributed by atoms with Gasteiger partial charge in [-0.1, -0.05) is 52.0 Å². The van der Waals surface area contributed by atoms with Gasteiger partial charge in [0.2, 0.25) is 0 Å². The number of nitrogens with zero attached hydrogens (tertiary/aromatic N) is 1. The molecular formula is C27H34IrNO2S-. The van der Waals surface area contributed by atoms with E-state index < -0.39 is 0 Å². The maximum absolute atomic E-state index is 10.4. The van der Waals surface area contributed by atoms with Crippen molar-refractivity contribution in [2.45, 2.75) is 59.2 Å². The Morgan fingerprint density at radius 3 is 2.47 bits per heavy atom. The van der Waals surface area contributed by atoms with Crippen molar-refractivity contribution in [3.63, 3.8) is 0 Å². The molecule has 5 atom stereocenters. The van der Waals surface area contributed by atoms with Crippen LogP contribution in [0.25, 0.3) is 20.7 Å². The number of aliphatic hydroxyl groups excluding tert-OH is 2. The summed E-state index contributed by atoms with van der Waals surface area (Å²) in [5.41, 5.74) is 0.979. The molecule has 0 aliphatic heterocycles. The smallest absolute Gasteiger partial charge is 0.0646 e. The van der Waals surface area contributed by atoms with E-state index in [1.807, 2.05) is 30.5 Å². The van der Waals surface area contributed by atoms with E-state index >= 15 is 0 Å². The molecule has 0 spiro atoms. The Kier molecular flexibility index (Phi) is 8.33. The van der Waals surface area contributed by atoms with Crippen LogP contribution in [0.2, 0.25) is 0 Å². The van der Waals surface area contributed by atoms with E-state index in [1.165, 1.54) is 16.5 Å². The van der Waals surface area contributed by atoms with E-state index in [2.05, 4.69) is 56.9 Å². The van der Waals surface area contributed by atoms with E-state index in [4.69, 9.17) is 0 Å². The molecule has 2 saturated carbocycles. The second-order valence-electron chi connectivity index (χ2n) is 10.2. The number of benzene rings is 1. The molecule has 3 nitrogen and oxygen atoms in total. The maximum Gasteiger partial charge on any atom is 0.0646 e. The summed E-state index contributed by atoms with van der Waals surface area (Å²) in [5, 5.41) is 22.0. The second kappa shape index (κ2) is 10.4. The molecule has 2 aliphatic rings. The molecule has 5 rings (SSSR count). The van der Waals surface area contributed by atoms with Crippen molar-refractivity contribution in [1.29, 1.82) is 0 Å². The van der Waals surface area contributed by atoms with Crippen LogP contribution in [0.4, 0.5) is 0 Å². The van der Waals surface area contributed by atoms with Crippen molar-refractivity contribution >= 4 is 21.4 Å². The number of fused-ring (bicyclic) bond motifs is 2. The third-order valence-electron chi connectivity index (χ3n) is 7.38. The van der Waals surface area contributed by atoms with Crippen molar-refractivity contribution in [3.8, 4) is 10.6 Å². The number of aromatic nitrogens is 1. The quantitative estimate of drug-likeness (QED) is 0.333. The first kappa shape index (κ1) is 25.5. The first-order valence-corrected chi connectivity index (χ1v) is 12.3. The van der Waals surface area contributed by atoms with Gasteiger partial charge in [0, 0.05) is 37.9 Å². The first-order valence-electron chi connectivity index (χ1n) is 11.5. The summed E-state index contributed by atoms with van der Waals surface area (Å²) >= 11 is 1.73. The Balaban J connectivity index is 0.000000175. The number of aliphatic hydroxyl groups is 2. The summed E-state index contributed by atoms with van der Waals surface area (Å²) in [5.74, 6) is 1.58. The summed E-state index contributed by atoms with van der Waals surface area (Å²) < 4.78 is 1.26. The van der Waals surface area contributed by atoms with Crippen LogP contribution >= 0.6 is 11.3 Å². The van der Waals surface area contributed by atoms with Gasteiger partial charge in [-0.05, 0) is 58.1 Å². The van der Waals surface area contributed by atoms with Gasteiger partial charge in [-0.25, -0.2) is 11.3 Å². The van der Waals surface area contributed by atoms with Gasteiger partial charge in [0.15, 0.2) is 0 Å². The van der Waals surface area contributed by atoms with Gasteiger partial charge in [0.1, 0.15) is 0 Å². The maximum atomic E-state index is 10.4. The molecule has 1 radical (unpaired) electrons. The van der Waals surface area contributed by atoms with Crippen LogP contribution < -0.4 is 0 Å². The second-order valence-corrected chi connectivity index (χ2v) is 11.3. The molecule has 32 heavy (non-hydrogen) atoms. The van der Waals surface area contributed by atoms with Gasteiger partial charge in [-0.2, -0.15) is 0 Å². The van der Waals surface area contributed by atoms with Crippen molar-refractivity contribution in [2.24, 2.45) is 29.1 Å². The number of thiophene rings is 1. The standard InChI is InChI=1S/C14H26O2.C13H8NS.Ir/c1-8(2)10-7-9-5-6-14(3,4)13(16)11(9)12(10)15;1-2-7-12-10(5-1)9-13(15-12)11-6-3-4-8-14-11;/h8-13,15-16H,5-7H2,1-4H3;1-8H;/q;-1;/t9?,10-,11?,12?,13?;;/m0../s1. The Hall–Kier alpha value is -1.10. The fourth-order valence-electron chi connectivity index (χ4n) is 5.39. The molecule has 2 fully saturated rings. The number of rotatable bonds is 2. The number of pyridine rings is 1. The average molecular weight is 629 g/mol. The molecule has 5 heteroatoms. The molecule has 3 aromatic rings. The van der Waals surface area contributed by atoms with Gasteiger partial charge in [0.05, 0.1) is 12.2 Å².